The summed E-state index contributed by atoms with van der Waals surface area (Å²) in [4.78, 5) is 18.7. The summed E-state index contributed by atoms with van der Waals surface area (Å²) in [6.07, 6.45) is 11.2. The van der Waals surface area contributed by atoms with Gasteiger partial charge >= 0.3 is 0 Å². The van der Waals surface area contributed by atoms with Crippen molar-refractivity contribution in [3.8, 4) is 33.6 Å². The Balaban J connectivity index is 1.45. The average Bonchev–Trinajstić information content (AvgIpc) is 3.48. The number of nitrogens with zero attached hydrogens (tertiary/aromatic N) is 5. The van der Waals surface area contributed by atoms with Gasteiger partial charge in [0, 0.05) is 59.4 Å². The molecule has 6 aromatic rings. The Morgan fingerprint density at radius 1 is 0.735 bits per heavy atom. The van der Waals surface area contributed by atoms with Gasteiger partial charge in [-0.2, -0.15) is 5.10 Å². The zero-order valence-electron chi connectivity index (χ0n) is 18.9. The van der Waals surface area contributed by atoms with E-state index < -0.39 is 0 Å². The van der Waals surface area contributed by atoms with E-state index in [0.29, 0.717) is 0 Å². The third-order valence-corrected chi connectivity index (χ3v) is 5.98. The van der Waals surface area contributed by atoms with E-state index in [1.165, 1.54) is 5.56 Å². The molecule has 7 nitrogen and oxygen atoms in total. The largest absolute Gasteiger partial charge is 0.352 e. The molecule has 0 aliphatic heterocycles. The molecule has 5 heterocycles. The van der Waals surface area contributed by atoms with Crippen LogP contribution in [-0.2, 0) is 6.54 Å². The zero-order valence-corrected chi connectivity index (χ0v) is 18.9. The summed E-state index contributed by atoms with van der Waals surface area (Å²) in [5.41, 5.74) is 9.31. The Bertz CT molecular complexity index is 1610. The van der Waals surface area contributed by atoms with E-state index in [2.05, 4.69) is 79.5 Å². The molecule has 0 radical (unpaired) electrons. The molecule has 0 fully saturated rings. The molecule has 1 aromatic carbocycles. The van der Waals surface area contributed by atoms with Gasteiger partial charge in [-0.15, -0.1) is 0 Å². The summed E-state index contributed by atoms with van der Waals surface area (Å²) in [5.74, 6) is 0. The van der Waals surface area contributed by atoms with Crippen LogP contribution >= 0.6 is 0 Å². The number of nitrogens with one attached hydrogen (secondary N) is 2. The predicted molar refractivity (Wildman–Crippen MR) is 135 cm³/mol. The molecule has 0 saturated carbocycles. The summed E-state index contributed by atoms with van der Waals surface area (Å²) < 4.78 is 0. The van der Waals surface area contributed by atoms with E-state index in [0.717, 1.165) is 62.0 Å². The predicted octanol–water partition coefficient (Wildman–Crippen LogP) is 5.29. The highest BCUT2D eigenvalue weighted by molar-refractivity contribution is 6.01. The van der Waals surface area contributed by atoms with Crippen LogP contribution in [0, 0.1) is 0 Å². The molecule has 5 aromatic heterocycles. The molecular weight excluding hydrogens is 422 g/mol. The number of hydrogen-bond acceptors (Lipinski definition) is 5. The van der Waals surface area contributed by atoms with Crippen molar-refractivity contribution in [2.75, 3.05) is 14.1 Å². The number of benzene rings is 1. The number of H-pyrrole nitrogens is 2. The molecule has 166 valence electrons. The Morgan fingerprint density at radius 3 is 2.44 bits per heavy atom. The van der Waals surface area contributed by atoms with Gasteiger partial charge in [-0.05, 0) is 67.2 Å². The molecule has 0 amide bonds. The number of aromatic nitrogens is 6. The monoisotopic (exact) mass is 445 g/mol. The van der Waals surface area contributed by atoms with Crippen LogP contribution in [0.1, 0.15) is 5.56 Å². The van der Waals surface area contributed by atoms with Crippen molar-refractivity contribution in [3.63, 3.8) is 0 Å². The Morgan fingerprint density at radius 2 is 1.59 bits per heavy atom. The fraction of sp³-hybridized carbons (Fsp3) is 0.111. The standard InChI is InChI=1S/C27H23N7/c1-34(2)16-17-9-20(13-29-12-17)19-3-4-24-22(10-19)27(33-32-24)25-11-21-23(14-30-15-26(21)31-25)18-5-7-28-8-6-18/h3-15,31H,16H2,1-2H3,(H,32,33). The van der Waals surface area contributed by atoms with Gasteiger partial charge in [0.2, 0.25) is 0 Å². The number of rotatable bonds is 5. The molecule has 0 bridgehead atoms. The molecule has 7 heteroatoms. The smallest absolute Gasteiger partial charge is 0.116 e. The van der Waals surface area contributed by atoms with Gasteiger partial charge in [-0.25, -0.2) is 0 Å². The van der Waals surface area contributed by atoms with E-state index >= 15 is 0 Å². The van der Waals surface area contributed by atoms with Gasteiger partial charge in [0.05, 0.1) is 22.9 Å². The minimum absolute atomic E-state index is 0.850. The normalized spacial score (nSPS) is 11.6. The van der Waals surface area contributed by atoms with E-state index in [1.807, 2.05) is 36.9 Å². The second kappa shape index (κ2) is 8.20. The second-order valence-corrected chi connectivity index (χ2v) is 8.72. The Hall–Kier alpha value is -4.36. The maximum atomic E-state index is 4.65. The van der Waals surface area contributed by atoms with Crippen LogP contribution in [-0.4, -0.2) is 49.1 Å². The number of fused-ring (bicyclic) bond motifs is 2. The van der Waals surface area contributed by atoms with Crippen LogP contribution in [0.2, 0.25) is 0 Å². The van der Waals surface area contributed by atoms with Crippen LogP contribution in [0.15, 0.2) is 79.6 Å². The van der Waals surface area contributed by atoms with Crippen molar-refractivity contribution in [3.05, 3.63) is 85.2 Å². The van der Waals surface area contributed by atoms with Gasteiger partial charge in [0.25, 0.3) is 0 Å². The molecule has 0 aliphatic rings. The summed E-state index contributed by atoms with van der Waals surface area (Å²) in [7, 11) is 4.12. The lowest BCUT2D eigenvalue weighted by atomic mass is 10.0. The van der Waals surface area contributed by atoms with Crippen LogP contribution in [0.25, 0.3) is 55.4 Å². The average molecular weight is 446 g/mol. The van der Waals surface area contributed by atoms with E-state index in [-0.39, 0.29) is 0 Å². The lowest BCUT2D eigenvalue weighted by Gasteiger charge is -2.10. The highest BCUT2D eigenvalue weighted by Crippen LogP contribution is 2.34. The van der Waals surface area contributed by atoms with Crippen molar-refractivity contribution < 1.29 is 0 Å². The lowest BCUT2D eigenvalue weighted by Crippen LogP contribution is -2.10. The summed E-state index contributed by atoms with van der Waals surface area (Å²) >= 11 is 0. The molecule has 2 N–H and O–H groups in total. The first-order valence-corrected chi connectivity index (χ1v) is 11.1. The van der Waals surface area contributed by atoms with E-state index in [9.17, 15) is 0 Å². The maximum absolute atomic E-state index is 4.65. The van der Waals surface area contributed by atoms with Crippen LogP contribution < -0.4 is 0 Å². The molecule has 34 heavy (non-hydrogen) atoms. The first kappa shape index (κ1) is 20.3. The van der Waals surface area contributed by atoms with Crippen molar-refractivity contribution in [2.45, 2.75) is 6.54 Å². The minimum Gasteiger partial charge on any atom is -0.352 e. The number of aromatic amines is 2. The van der Waals surface area contributed by atoms with E-state index in [1.54, 1.807) is 12.4 Å². The molecule has 6 rings (SSSR count). The fourth-order valence-electron chi connectivity index (χ4n) is 4.44. The second-order valence-electron chi connectivity index (χ2n) is 8.72. The number of hydrogen-bond donors (Lipinski definition) is 2. The van der Waals surface area contributed by atoms with Crippen molar-refractivity contribution in [1.29, 1.82) is 0 Å². The molecule has 0 atom stereocenters. The first-order valence-electron chi connectivity index (χ1n) is 11.1. The number of pyridine rings is 3. The van der Waals surface area contributed by atoms with Crippen molar-refractivity contribution in [2.24, 2.45) is 0 Å². The third kappa shape index (κ3) is 3.62. The summed E-state index contributed by atoms with van der Waals surface area (Å²) in [6.45, 7) is 0.850. The van der Waals surface area contributed by atoms with E-state index in [4.69, 9.17) is 0 Å². The zero-order chi connectivity index (χ0) is 23.1. The molecule has 0 unspecified atom stereocenters. The van der Waals surface area contributed by atoms with Gasteiger partial charge < -0.3 is 9.88 Å². The quantitative estimate of drug-likeness (QED) is 0.376. The van der Waals surface area contributed by atoms with Crippen LogP contribution in [0.5, 0.6) is 0 Å². The molecular formula is C27H23N7. The van der Waals surface area contributed by atoms with Crippen LogP contribution in [0.3, 0.4) is 0 Å². The highest BCUT2D eigenvalue weighted by Gasteiger charge is 2.15. The highest BCUT2D eigenvalue weighted by atomic mass is 15.1. The topological polar surface area (TPSA) is 86.4 Å². The third-order valence-electron chi connectivity index (χ3n) is 5.98. The van der Waals surface area contributed by atoms with Gasteiger partial charge in [0.1, 0.15) is 5.69 Å². The fourth-order valence-corrected chi connectivity index (χ4v) is 4.44. The van der Waals surface area contributed by atoms with Gasteiger partial charge in [-0.3, -0.25) is 20.1 Å². The minimum atomic E-state index is 0.850. The van der Waals surface area contributed by atoms with Crippen molar-refractivity contribution in [1.82, 2.24) is 35.0 Å². The lowest BCUT2D eigenvalue weighted by molar-refractivity contribution is 0.402. The molecule has 0 spiro atoms. The Kier molecular flexibility index (Phi) is 4.89. The maximum Gasteiger partial charge on any atom is 0.116 e. The summed E-state index contributed by atoms with van der Waals surface area (Å²) in [6, 6.07) is 14.7. The summed E-state index contributed by atoms with van der Waals surface area (Å²) in [5, 5.41) is 9.98. The SMILES string of the molecule is CN(C)Cc1cncc(-c2ccc3[nH]nc(-c4cc5c(-c6ccncc6)cncc5[nH]4)c3c2)c1. The molecule has 0 saturated heterocycles. The molecule has 0 aliphatic carbocycles. The van der Waals surface area contributed by atoms with Gasteiger partial charge in [0.15, 0.2) is 0 Å². The van der Waals surface area contributed by atoms with Crippen molar-refractivity contribution >= 4 is 21.8 Å². The van der Waals surface area contributed by atoms with Gasteiger partial charge in [-0.1, -0.05) is 6.07 Å². The van der Waals surface area contributed by atoms with Crippen LogP contribution in [0.4, 0.5) is 0 Å². The Labute approximate surface area is 196 Å². The first-order chi connectivity index (χ1) is 16.7.